The number of hydrogen-bond donors (Lipinski definition) is 1. The number of nitriles is 1. The number of aliphatic hydroxyl groups excluding tert-OH is 1. The van der Waals surface area contributed by atoms with E-state index in [1.165, 1.54) is 6.20 Å². The smallest absolute Gasteiger partial charge is 0.152 e. The van der Waals surface area contributed by atoms with Gasteiger partial charge in [-0.15, -0.1) is 0 Å². The Morgan fingerprint density at radius 1 is 1.56 bits per heavy atom. The first-order valence-corrected chi connectivity index (χ1v) is 7.43. The van der Waals surface area contributed by atoms with Crippen LogP contribution >= 0.6 is 0 Å². The van der Waals surface area contributed by atoms with Gasteiger partial charge in [0.1, 0.15) is 11.5 Å². The van der Waals surface area contributed by atoms with E-state index in [1.807, 2.05) is 13.0 Å². The first kappa shape index (κ1) is 13.0. The molecular formula is C12H14N2O3S. The molecule has 1 fully saturated rings. The van der Waals surface area contributed by atoms with Crippen molar-refractivity contribution in [2.24, 2.45) is 5.41 Å². The molecule has 1 aromatic rings. The molecule has 0 bridgehead atoms. The van der Waals surface area contributed by atoms with E-state index in [1.54, 1.807) is 12.1 Å². The fourth-order valence-corrected chi connectivity index (χ4v) is 4.17. The van der Waals surface area contributed by atoms with Crippen molar-refractivity contribution in [1.29, 1.82) is 5.26 Å². The second kappa shape index (κ2) is 4.34. The van der Waals surface area contributed by atoms with E-state index >= 15 is 0 Å². The zero-order chi connectivity index (χ0) is 13.4. The third-order valence-corrected chi connectivity index (χ3v) is 5.11. The Hall–Kier alpha value is -1.45. The molecule has 0 amide bonds. The predicted molar refractivity (Wildman–Crippen MR) is 65.3 cm³/mol. The minimum atomic E-state index is -3.23. The second-order valence-corrected chi connectivity index (χ2v) is 6.93. The number of nitrogens with zero attached hydrogens (tertiary/aromatic N) is 2. The summed E-state index contributed by atoms with van der Waals surface area (Å²) in [5.74, 6) is -0.331. The summed E-state index contributed by atoms with van der Waals surface area (Å²) in [6, 6.07) is 5.40. The Labute approximate surface area is 106 Å². The van der Waals surface area contributed by atoms with Gasteiger partial charge in [-0.1, -0.05) is 6.07 Å². The average molecular weight is 266 g/mol. The van der Waals surface area contributed by atoms with Gasteiger partial charge in [0.25, 0.3) is 0 Å². The van der Waals surface area contributed by atoms with Crippen LogP contribution in [0.1, 0.15) is 23.8 Å². The normalized spacial score (nSPS) is 27.6. The van der Waals surface area contributed by atoms with Crippen molar-refractivity contribution in [3.63, 3.8) is 0 Å². The largest absolute Gasteiger partial charge is 0.387 e. The lowest BCUT2D eigenvalue weighted by Gasteiger charge is -2.25. The third kappa shape index (κ3) is 2.24. The van der Waals surface area contributed by atoms with Gasteiger partial charge < -0.3 is 5.11 Å². The Balaban J connectivity index is 2.35. The number of aryl methyl sites for hydroxylation is 1. The topological polar surface area (TPSA) is 91.0 Å². The summed E-state index contributed by atoms with van der Waals surface area (Å²) < 4.78 is 23.0. The summed E-state index contributed by atoms with van der Waals surface area (Å²) >= 11 is 0. The van der Waals surface area contributed by atoms with Crippen molar-refractivity contribution in [2.45, 2.75) is 19.4 Å². The standard InChI is InChI=1S/C12H14N2O3S/c1-9-2-3-10(6-14-9)11(15)12(7-13)4-5-18(16,17)8-12/h2-3,6,11,15H,4-5,8H2,1H3. The fourth-order valence-electron chi connectivity index (χ4n) is 2.20. The summed E-state index contributed by atoms with van der Waals surface area (Å²) in [4.78, 5) is 4.05. The summed E-state index contributed by atoms with van der Waals surface area (Å²) in [5, 5.41) is 19.5. The Kier molecular flexibility index (Phi) is 3.13. The van der Waals surface area contributed by atoms with Crippen molar-refractivity contribution in [1.82, 2.24) is 4.98 Å². The Morgan fingerprint density at radius 2 is 2.28 bits per heavy atom. The molecule has 1 N–H and O–H groups in total. The summed E-state index contributed by atoms with van der Waals surface area (Å²) in [6.45, 7) is 1.82. The maximum Gasteiger partial charge on any atom is 0.152 e. The molecule has 2 atom stereocenters. The SMILES string of the molecule is Cc1ccc(C(O)C2(C#N)CCS(=O)(=O)C2)cn1. The van der Waals surface area contributed by atoms with Gasteiger partial charge in [0.15, 0.2) is 9.84 Å². The van der Waals surface area contributed by atoms with Gasteiger partial charge in [-0.25, -0.2) is 8.42 Å². The van der Waals surface area contributed by atoms with Crippen molar-refractivity contribution in [3.8, 4) is 6.07 Å². The van der Waals surface area contributed by atoms with Crippen LogP contribution in [-0.2, 0) is 9.84 Å². The molecule has 0 spiro atoms. The first-order chi connectivity index (χ1) is 8.38. The zero-order valence-electron chi connectivity index (χ0n) is 10.00. The monoisotopic (exact) mass is 266 g/mol. The third-order valence-electron chi connectivity index (χ3n) is 3.33. The van der Waals surface area contributed by atoms with Crippen LogP contribution < -0.4 is 0 Å². The lowest BCUT2D eigenvalue weighted by Crippen LogP contribution is -2.29. The number of rotatable bonds is 2. The average Bonchev–Trinajstić information content (AvgIpc) is 2.66. The van der Waals surface area contributed by atoms with Crippen molar-refractivity contribution in [2.75, 3.05) is 11.5 Å². The van der Waals surface area contributed by atoms with Crippen LogP contribution in [0.15, 0.2) is 18.3 Å². The first-order valence-electron chi connectivity index (χ1n) is 5.61. The van der Waals surface area contributed by atoms with Gasteiger partial charge in [0, 0.05) is 17.5 Å². The van der Waals surface area contributed by atoms with Crippen LogP contribution in [0.25, 0.3) is 0 Å². The van der Waals surface area contributed by atoms with Crippen molar-refractivity contribution >= 4 is 9.84 Å². The van der Waals surface area contributed by atoms with Crippen molar-refractivity contribution < 1.29 is 13.5 Å². The summed E-state index contributed by atoms with van der Waals surface area (Å²) in [6.07, 6.45) is 0.540. The zero-order valence-corrected chi connectivity index (χ0v) is 10.8. The molecule has 96 valence electrons. The van der Waals surface area contributed by atoms with Gasteiger partial charge in [-0.2, -0.15) is 5.26 Å². The quantitative estimate of drug-likeness (QED) is 0.853. The summed E-state index contributed by atoms with van der Waals surface area (Å²) in [5.41, 5.74) is 0.0470. The molecule has 0 radical (unpaired) electrons. The predicted octanol–water partition coefficient (Wildman–Crippen LogP) is 0.752. The molecule has 1 aliphatic rings. The molecule has 6 heteroatoms. The van der Waals surface area contributed by atoms with Gasteiger partial charge >= 0.3 is 0 Å². The van der Waals surface area contributed by atoms with Gasteiger partial charge in [0.2, 0.25) is 0 Å². The highest BCUT2D eigenvalue weighted by Crippen LogP contribution is 2.42. The number of aliphatic hydroxyl groups is 1. The van der Waals surface area contributed by atoms with Gasteiger partial charge in [-0.05, 0) is 19.4 Å². The number of hydrogen-bond acceptors (Lipinski definition) is 5. The van der Waals surface area contributed by atoms with E-state index in [-0.39, 0.29) is 17.9 Å². The van der Waals surface area contributed by atoms with Crippen LogP contribution in [0, 0.1) is 23.7 Å². The maximum absolute atomic E-state index is 11.5. The molecule has 18 heavy (non-hydrogen) atoms. The van der Waals surface area contributed by atoms with Crippen LogP contribution in [0.5, 0.6) is 0 Å². The van der Waals surface area contributed by atoms with E-state index in [4.69, 9.17) is 0 Å². The van der Waals surface area contributed by atoms with Crippen LogP contribution in [0.4, 0.5) is 0 Å². The molecule has 2 heterocycles. The lowest BCUT2D eigenvalue weighted by atomic mass is 9.80. The summed E-state index contributed by atoms with van der Waals surface area (Å²) in [7, 11) is -3.23. The maximum atomic E-state index is 11.5. The van der Waals surface area contributed by atoms with Gasteiger partial charge in [-0.3, -0.25) is 4.98 Å². The fraction of sp³-hybridized carbons (Fsp3) is 0.500. The van der Waals surface area contributed by atoms with E-state index in [9.17, 15) is 18.8 Å². The molecule has 0 saturated carbocycles. The molecular weight excluding hydrogens is 252 g/mol. The minimum Gasteiger partial charge on any atom is -0.387 e. The van der Waals surface area contributed by atoms with Crippen molar-refractivity contribution in [3.05, 3.63) is 29.6 Å². The lowest BCUT2D eigenvalue weighted by molar-refractivity contribution is 0.0790. The molecule has 0 aliphatic carbocycles. The highest BCUT2D eigenvalue weighted by Gasteiger charge is 2.48. The molecule has 1 saturated heterocycles. The molecule has 5 nitrogen and oxygen atoms in total. The molecule has 1 aliphatic heterocycles. The number of pyridine rings is 1. The number of sulfone groups is 1. The Morgan fingerprint density at radius 3 is 2.72 bits per heavy atom. The highest BCUT2D eigenvalue weighted by molar-refractivity contribution is 7.91. The Bertz CT molecular complexity index is 589. The van der Waals surface area contributed by atoms with Gasteiger partial charge in [0.05, 0.1) is 17.6 Å². The molecule has 2 rings (SSSR count). The highest BCUT2D eigenvalue weighted by atomic mass is 32.2. The molecule has 0 aromatic carbocycles. The van der Waals surface area contributed by atoms with Crippen LogP contribution in [0.2, 0.25) is 0 Å². The van der Waals surface area contributed by atoms with E-state index in [2.05, 4.69) is 4.98 Å². The molecule has 1 aromatic heterocycles. The second-order valence-electron chi connectivity index (χ2n) is 4.75. The number of aromatic nitrogens is 1. The molecule has 2 unspecified atom stereocenters. The van der Waals surface area contributed by atoms with E-state index < -0.39 is 21.4 Å². The van der Waals surface area contributed by atoms with E-state index in [0.717, 1.165) is 5.69 Å². The van der Waals surface area contributed by atoms with Crippen LogP contribution in [0.3, 0.4) is 0 Å². The van der Waals surface area contributed by atoms with E-state index in [0.29, 0.717) is 5.56 Å². The minimum absolute atomic E-state index is 0.0447. The van der Waals surface area contributed by atoms with Crippen LogP contribution in [-0.4, -0.2) is 30.0 Å².